The zero-order valence-corrected chi connectivity index (χ0v) is 14.0. The third-order valence-electron chi connectivity index (χ3n) is 4.70. The average Bonchev–Trinajstić information content (AvgIpc) is 2.95. The molecular weight excluding hydrogens is 300 g/mol. The fraction of sp³-hybridized carbons (Fsp3) is 0.812. The summed E-state index contributed by atoms with van der Waals surface area (Å²) in [5, 5.41) is 11.7. The van der Waals surface area contributed by atoms with Crippen LogP contribution in [0.2, 0.25) is 0 Å². The van der Waals surface area contributed by atoms with Crippen molar-refractivity contribution in [1.29, 1.82) is 0 Å². The van der Waals surface area contributed by atoms with Crippen LogP contribution < -0.4 is 5.32 Å². The number of carboxylic acids is 1. The molecule has 2 aliphatic rings. The summed E-state index contributed by atoms with van der Waals surface area (Å²) < 4.78 is 5.62. The van der Waals surface area contributed by atoms with Crippen molar-refractivity contribution in [3.8, 4) is 0 Å². The van der Waals surface area contributed by atoms with Gasteiger partial charge in [0.05, 0.1) is 6.10 Å². The highest BCUT2D eigenvalue weighted by Crippen LogP contribution is 2.32. The minimum absolute atomic E-state index is 0.0169. The number of piperidine rings is 1. The summed E-state index contributed by atoms with van der Waals surface area (Å²) >= 11 is 0. The first-order valence-corrected chi connectivity index (χ1v) is 8.17. The van der Waals surface area contributed by atoms with E-state index in [0.29, 0.717) is 25.4 Å². The van der Waals surface area contributed by atoms with Gasteiger partial charge in [0.25, 0.3) is 0 Å². The van der Waals surface area contributed by atoms with Crippen LogP contribution in [0.1, 0.15) is 46.5 Å². The lowest BCUT2D eigenvalue weighted by molar-refractivity contribution is -0.151. The number of hydrogen-bond acceptors (Lipinski definition) is 4. The van der Waals surface area contributed by atoms with Crippen molar-refractivity contribution in [2.75, 3.05) is 13.1 Å². The average molecular weight is 326 g/mol. The minimum atomic E-state index is -0.906. The molecule has 2 amide bonds. The fourth-order valence-electron chi connectivity index (χ4n) is 3.55. The summed E-state index contributed by atoms with van der Waals surface area (Å²) in [4.78, 5) is 36.5. The lowest BCUT2D eigenvalue weighted by Crippen LogP contribution is -2.57. The van der Waals surface area contributed by atoms with Gasteiger partial charge in [-0.3, -0.25) is 9.59 Å². The lowest BCUT2D eigenvalue weighted by atomic mass is 9.89. The van der Waals surface area contributed by atoms with Crippen molar-refractivity contribution < 1.29 is 24.2 Å². The Morgan fingerprint density at radius 3 is 2.22 bits per heavy atom. The molecule has 2 aliphatic heterocycles. The Hall–Kier alpha value is -1.63. The largest absolute Gasteiger partial charge is 0.479 e. The van der Waals surface area contributed by atoms with Crippen LogP contribution >= 0.6 is 0 Å². The summed E-state index contributed by atoms with van der Waals surface area (Å²) in [6, 6.07) is 0. The molecule has 0 radical (unpaired) electrons. The van der Waals surface area contributed by atoms with Crippen LogP contribution in [0.25, 0.3) is 0 Å². The molecule has 2 fully saturated rings. The molecule has 0 bridgehead atoms. The number of hydrogen-bond donors (Lipinski definition) is 2. The molecule has 2 rings (SSSR count). The second-order valence-electron chi connectivity index (χ2n) is 7.01. The second-order valence-corrected chi connectivity index (χ2v) is 7.01. The van der Waals surface area contributed by atoms with E-state index in [4.69, 9.17) is 9.84 Å². The van der Waals surface area contributed by atoms with E-state index in [1.807, 2.05) is 0 Å². The Morgan fingerprint density at radius 2 is 1.74 bits per heavy atom. The van der Waals surface area contributed by atoms with Gasteiger partial charge >= 0.3 is 5.97 Å². The lowest BCUT2D eigenvalue weighted by Gasteiger charge is -2.38. The summed E-state index contributed by atoms with van der Waals surface area (Å²) in [5.41, 5.74) is -0.906. The van der Waals surface area contributed by atoms with Crippen LogP contribution in [0.5, 0.6) is 0 Å². The number of likely N-dealkylation sites (tertiary alicyclic amines) is 1. The Morgan fingerprint density at radius 1 is 1.13 bits per heavy atom. The summed E-state index contributed by atoms with van der Waals surface area (Å²) in [7, 11) is 0. The maximum Gasteiger partial charge on any atom is 0.332 e. The van der Waals surface area contributed by atoms with Crippen LogP contribution in [-0.2, 0) is 19.1 Å². The Balaban J connectivity index is 1.85. The number of carboxylic acid groups (broad SMARTS) is 1. The van der Waals surface area contributed by atoms with Crippen molar-refractivity contribution in [2.45, 2.75) is 64.2 Å². The highest BCUT2D eigenvalue weighted by molar-refractivity contribution is 5.90. The van der Waals surface area contributed by atoms with Crippen molar-refractivity contribution in [2.24, 2.45) is 5.92 Å². The first kappa shape index (κ1) is 17.7. The van der Waals surface area contributed by atoms with E-state index in [2.05, 4.69) is 5.32 Å². The van der Waals surface area contributed by atoms with Crippen molar-refractivity contribution in [3.63, 3.8) is 0 Å². The summed E-state index contributed by atoms with van der Waals surface area (Å²) in [6.07, 6.45) is 2.24. The maximum absolute atomic E-state index is 12.5. The van der Waals surface area contributed by atoms with Gasteiger partial charge in [-0.2, -0.15) is 0 Å². The minimum Gasteiger partial charge on any atom is -0.479 e. The van der Waals surface area contributed by atoms with E-state index in [-0.39, 0.29) is 17.9 Å². The van der Waals surface area contributed by atoms with E-state index < -0.39 is 17.6 Å². The van der Waals surface area contributed by atoms with Crippen LogP contribution in [0.15, 0.2) is 0 Å². The number of amides is 2. The third kappa shape index (κ3) is 4.22. The molecule has 2 heterocycles. The number of carbonyl (C=O) groups is 3. The topological polar surface area (TPSA) is 95.9 Å². The highest BCUT2D eigenvalue weighted by Gasteiger charge is 2.39. The van der Waals surface area contributed by atoms with Gasteiger partial charge in [-0.1, -0.05) is 0 Å². The molecule has 0 aromatic heterocycles. The Kier molecular flexibility index (Phi) is 5.29. The van der Waals surface area contributed by atoms with Crippen LogP contribution in [-0.4, -0.2) is 58.6 Å². The number of aliphatic carboxylic acids is 1. The molecule has 7 heteroatoms. The Labute approximate surface area is 136 Å². The van der Waals surface area contributed by atoms with Crippen molar-refractivity contribution >= 4 is 17.8 Å². The molecule has 0 aliphatic carbocycles. The highest BCUT2D eigenvalue weighted by atomic mass is 16.5. The van der Waals surface area contributed by atoms with Gasteiger partial charge in [0.1, 0.15) is 5.54 Å². The van der Waals surface area contributed by atoms with E-state index in [9.17, 15) is 14.4 Å². The molecule has 0 saturated carbocycles. The molecule has 2 atom stereocenters. The summed E-state index contributed by atoms with van der Waals surface area (Å²) in [6.45, 7) is 6.05. The number of ether oxygens (including phenoxy) is 1. The molecular formula is C16H26N2O5. The van der Waals surface area contributed by atoms with Gasteiger partial charge in [0.15, 0.2) is 6.10 Å². The molecule has 23 heavy (non-hydrogen) atoms. The normalized spacial score (nSPS) is 26.1. The number of rotatable bonds is 4. The molecule has 0 aromatic carbocycles. The predicted octanol–water partition coefficient (Wildman–Crippen LogP) is 0.772. The first-order valence-electron chi connectivity index (χ1n) is 8.17. The molecule has 2 N–H and O–H groups in total. The van der Waals surface area contributed by atoms with Gasteiger partial charge < -0.3 is 20.1 Å². The van der Waals surface area contributed by atoms with Crippen LogP contribution in [0, 0.1) is 5.92 Å². The third-order valence-corrected chi connectivity index (χ3v) is 4.70. The van der Waals surface area contributed by atoms with Gasteiger partial charge in [-0.15, -0.1) is 0 Å². The van der Waals surface area contributed by atoms with Crippen molar-refractivity contribution in [3.05, 3.63) is 0 Å². The van der Waals surface area contributed by atoms with Crippen LogP contribution in [0.3, 0.4) is 0 Å². The zero-order chi connectivity index (χ0) is 17.2. The SMILES string of the molecule is CC(=O)NC(C)(C)C(=O)N1CCC([C@@H]2CC[C@H](C(=O)O)O2)CC1. The summed E-state index contributed by atoms with van der Waals surface area (Å²) in [5.74, 6) is -0.899. The number of nitrogens with one attached hydrogen (secondary N) is 1. The number of carbonyl (C=O) groups excluding carboxylic acids is 2. The van der Waals surface area contributed by atoms with Crippen molar-refractivity contribution in [1.82, 2.24) is 10.2 Å². The van der Waals surface area contributed by atoms with Gasteiger partial charge in [0.2, 0.25) is 11.8 Å². The molecule has 2 saturated heterocycles. The molecule has 0 spiro atoms. The second kappa shape index (κ2) is 6.86. The van der Waals surface area contributed by atoms with Gasteiger partial charge in [0, 0.05) is 20.0 Å². The fourth-order valence-corrected chi connectivity index (χ4v) is 3.55. The molecule has 0 unspecified atom stereocenters. The predicted molar refractivity (Wildman–Crippen MR) is 82.7 cm³/mol. The van der Waals surface area contributed by atoms with Crippen LogP contribution in [0.4, 0.5) is 0 Å². The standard InChI is InChI=1S/C16H26N2O5/c1-10(19)17-16(2,3)15(22)18-8-6-11(7-9-18)12-4-5-13(23-12)14(20)21/h11-13H,4-9H2,1-3H3,(H,17,19)(H,20,21)/t12-,13+/m0/s1. The van der Waals surface area contributed by atoms with Gasteiger partial charge in [-0.05, 0) is 45.4 Å². The van der Waals surface area contributed by atoms with E-state index in [0.717, 1.165) is 19.3 Å². The Bertz CT molecular complexity index is 483. The van der Waals surface area contributed by atoms with E-state index >= 15 is 0 Å². The quantitative estimate of drug-likeness (QED) is 0.795. The smallest absolute Gasteiger partial charge is 0.332 e. The maximum atomic E-state index is 12.5. The van der Waals surface area contributed by atoms with Gasteiger partial charge in [-0.25, -0.2) is 4.79 Å². The molecule has 7 nitrogen and oxygen atoms in total. The van der Waals surface area contributed by atoms with E-state index in [1.54, 1.807) is 18.7 Å². The monoisotopic (exact) mass is 326 g/mol. The zero-order valence-electron chi connectivity index (χ0n) is 14.0. The van der Waals surface area contributed by atoms with E-state index in [1.165, 1.54) is 6.92 Å². The number of nitrogens with zero attached hydrogens (tertiary/aromatic N) is 1. The molecule has 0 aromatic rings. The molecule has 130 valence electrons. The first-order chi connectivity index (χ1) is 10.7.